The van der Waals surface area contributed by atoms with Gasteiger partial charge >= 0.3 is 0 Å². The third kappa shape index (κ3) is 3.26. The SMILES string of the molecule is Cn1cc(Nc2ncc(Cl)c(N3C[C@]4(C)CN(CCO)C[C@]4(C)C3)n2)cn1. The lowest BCUT2D eigenvalue weighted by atomic mass is 9.71. The Morgan fingerprint density at radius 1 is 1.19 bits per heavy atom. The molecule has 0 amide bonds. The van der Waals surface area contributed by atoms with Gasteiger partial charge in [0.25, 0.3) is 0 Å². The standard InChI is InChI=1S/C18H26ClN7O/c1-17-9-25(4-5-27)10-18(17,2)12-26(11-17)15-14(19)7-20-16(23-15)22-13-6-21-24(3)8-13/h6-8,27H,4-5,9-12H2,1-3H3,(H,20,22,23)/t17-,18+. The topological polar surface area (TPSA) is 82.3 Å². The zero-order valence-electron chi connectivity index (χ0n) is 16.0. The number of β-amino-alcohol motifs (C(OH)–C–C–N with tert-alkyl or cyclic N) is 1. The van der Waals surface area contributed by atoms with Crippen LogP contribution in [0.5, 0.6) is 0 Å². The molecule has 0 aliphatic carbocycles. The molecule has 0 saturated carbocycles. The van der Waals surface area contributed by atoms with Gasteiger partial charge in [-0.1, -0.05) is 25.4 Å². The van der Waals surface area contributed by atoms with Gasteiger partial charge in [0, 0.05) is 56.8 Å². The highest BCUT2D eigenvalue weighted by atomic mass is 35.5. The molecule has 2 aliphatic heterocycles. The van der Waals surface area contributed by atoms with Gasteiger partial charge in [0.15, 0.2) is 5.82 Å². The summed E-state index contributed by atoms with van der Waals surface area (Å²) in [5, 5.41) is 17.2. The molecule has 2 fully saturated rings. The minimum Gasteiger partial charge on any atom is -0.395 e. The first-order chi connectivity index (χ1) is 12.8. The number of nitrogens with one attached hydrogen (secondary N) is 1. The molecule has 0 spiro atoms. The molecule has 2 saturated heterocycles. The maximum absolute atomic E-state index is 9.28. The quantitative estimate of drug-likeness (QED) is 0.803. The Morgan fingerprint density at radius 3 is 2.48 bits per heavy atom. The molecule has 2 atom stereocenters. The molecule has 8 nitrogen and oxygen atoms in total. The van der Waals surface area contributed by atoms with Gasteiger partial charge in [-0.15, -0.1) is 0 Å². The molecule has 0 unspecified atom stereocenters. The zero-order valence-corrected chi connectivity index (χ0v) is 16.7. The van der Waals surface area contributed by atoms with Crippen LogP contribution in [0.2, 0.25) is 5.02 Å². The number of aromatic nitrogens is 4. The van der Waals surface area contributed by atoms with Crippen molar-refractivity contribution in [2.75, 3.05) is 49.5 Å². The van der Waals surface area contributed by atoms with Crippen LogP contribution in [-0.4, -0.2) is 69.1 Å². The van der Waals surface area contributed by atoms with Crippen LogP contribution in [0.3, 0.4) is 0 Å². The van der Waals surface area contributed by atoms with Crippen molar-refractivity contribution >= 4 is 29.1 Å². The first kappa shape index (κ1) is 18.5. The van der Waals surface area contributed by atoms with Crippen LogP contribution in [0.15, 0.2) is 18.6 Å². The summed E-state index contributed by atoms with van der Waals surface area (Å²) in [6, 6.07) is 0. The van der Waals surface area contributed by atoms with Crippen LogP contribution < -0.4 is 10.2 Å². The summed E-state index contributed by atoms with van der Waals surface area (Å²) in [5.74, 6) is 1.28. The number of likely N-dealkylation sites (tertiary alicyclic amines) is 1. The van der Waals surface area contributed by atoms with Gasteiger partial charge < -0.3 is 15.3 Å². The second-order valence-corrected chi connectivity index (χ2v) is 8.71. The van der Waals surface area contributed by atoms with E-state index in [9.17, 15) is 5.11 Å². The van der Waals surface area contributed by atoms with E-state index in [0.717, 1.165) is 44.2 Å². The molecule has 2 aromatic heterocycles. The van der Waals surface area contributed by atoms with Crippen LogP contribution in [-0.2, 0) is 7.05 Å². The van der Waals surface area contributed by atoms with E-state index in [2.05, 4.69) is 44.0 Å². The van der Waals surface area contributed by atoms with Gasteiger partial charge in [0.2, 0.25) is 5.95 Å². The number of anilines is 3. The Bertz CT molecular complexity index is 823. The lowest BCUT2D eigenvalue weighted by Gasteiger charge is -2.30. The van der Waals surface area contributed by atoms with E-state index >= 15 is 0 Å². The average molecular weight is 392 g/mol. The van der Waals surface area contributed by atoms with Crippen molar-refractivity contribution in [3.63, 3.8) is 0 Å². The number of aliphatic hydroxyl groups is 1. The number of rotatable bonds is 5. The Balaban J connectivity index is 1.55. The minimum absolute atomic E-state index is 0.132. The molecule has 9 heteroatoms. The van der Waals surface area contributed by atoms with Crippen LogP contribution in [0.1, 0.15) is 13.8 Å². The van der Waals surface area contributed by atoms with Crippen LogP contribution in [0, 0.1) is 10.8 Å². The van der Waals surface area contributed by atoms with E-state index in [1.54, 1.807) is 17.1 Å². The fourth-order valence-electron chi connectivity index (χ4n) is 4.51. The van der Waals surface area contributed by atoms with E-state index in [4.69, 9.17) is 11.6 Å². The Kier molecular flexibility index (Phi) is 4.52. The van der Waals surface area contributed by atoms with Crippen molar-refractivity contribution in [3.8, 4) is 0 Å². The monoisotopic (exact) mass is 391 g/mol. The number of hydrogen-bond acceptors (Lipinski definition) is 7. The summed E-state index contributed by atoms with van der Waals surface area (Å²) >= 11 is 6.45. The third-order valence-corrected chi connectivity index (χ3v) is 6.35. The number of hydrogen-bond donors (Lipinski definition) is 2. The number of aliphatic hydroxyl groups excluding tert-OH is 1. The average Bonchev–Trinajstić information content (AvgIpc) is 3.17. The highest BCUT2D eigenvalue weighted by Gasteiger charge is 2.57. The molecule has 2 aliphatic rings. The number of fused-ring (bicyclic) bond motifs is 1. The second-order valence-electron chi connectivity index (χ2n) is 8.30. The molecule has 2 N–H and O–H groups in total. The molecule has 0 radical (unpaired) electrons. The lowest BCUT2D eigenvalue weighted by molar-refractivity contribution is 0.206. The number of halogens is 1. The summed E-state index contributed by atoms with van der Waals surface area (Å²) in [5.41, 5.74) is 1.10. The molecule has 0 aromatic carbocycles. The largest absolute Gasteiger partial charge is 0.395 e. The van der Waals surface area contributed by atoms with Gasteiger partial charge in [-0.25, -0.2) is 4.98 Å². The highest BCUT2D eigenvalue weighted by molar-refractivity contribution is 6.32. The predicted molar refractivity (Wildman–Crippen MR) is 105 cm³/mol. The van der Waals surface area contributed by atoms with Gasteiger partial charge in [0.05, 0.1) is 24.7 Å². The molecular formula is C18H26ClN7O. The molecule has 4 rings (SSSR count). The molecule has 4 heterocycles. The van der Waals surface area contributed by atoms with Crippen molar-refractivity contribution in [3.05, 3.63) is 23.6 Å². The minimum atomic E-state index is 0.132. The Labute approximate surface area is 164 Å². The molecule has 2 aromatic rings. The van der Waals surface area contributed by atoms with E-state index in [1.807, 2.05) is 13.2 Å². The first-order valence-electron chi connectivity index (χ1n) is 9.18. The van der Waals surface area contributed by atoms with E-state index < -0.39 is 0 Å². The van der Waals surface area contributed by atoms with Gasteiger partial charge in [-0.3, -0.25) is 9.58 Å². The number of aryl methyl sites for hydroxylation is 1. The summed E-state index contributed by atoms with van der Waals surface area (Å²) in [6.45, 7) is 9.31. The fraction of sp³-hybridized carbons (Fsp3) is 0.611. The number of nitrogens with zero attached hydrogens (tertiary/aromatic N) is 6. The van der Waals surface area contributed by atoms with Gasteiger partial charge in [0.1, 0.15) is 5.02 Å². The maximum atomic E-state index is 9.28. The van der Waals surface area contributed by atoms with Crippen molar-refractivity contribution in [2.24, 2.45) is 17.9 Å². The summed E-state index contributed by atoms with van der Waals surface area (Å²) < 4.78 is 1.72. The summed E-state index contributed by atoms with van der Waals surface area (Å²) in [4.78, 5) is 13.6. The Morgan fingerprint density at radius 2 is 1.89 bits per heavy atom. The van der Waals surface area contributed by atoms with Crippen LogP contribution in [0.4, 0.5) is 17.5 Å². The van der Waals surface area contributed by atoms with Gasteiger partial charge in [-0.2, -0.15) is 10.1 Å². The van der Waals surface area contributed by atoms with E-state index in [1.165, 1.54) is 0 Å². The van der Waals surface area contributed by atoms with Crippen molar-refractivity contribution in [1.29, 1.82) is 0 Å². The summed E-state index contributed by atoms with van der Waals surface area (Å²) in [6.07, 6.45) is 5.25. The van der Waals surface area contributed by atoms with Crippen molar-refractivity contribution in [1.82, 2.24) is 24.6 Å². The second kappa shape index (κ2) is 6.61. The molecule has 27 heavy (non-hydrogen) atoms. The molecule has 146 valence electrons. The van der Waals surface area contributed by atoms with E-state index in [0.29, 0.717) is 11.0 Å². The summed E-state index contributed by atoms with van der Waals surface area (Å²) in [7, 11) is 1.86. The third-order valence-electron chi connectivity index (χ3n) is 6.08. The van der Waals surface area contributed by atoms with Crippen LogP contribution >= 0.6 is 11.6 Å². The van der Waals surface area contributed by atoms with Crippen molar-refractivity contribution < 1.29 is 5.11 Å². The van der Waals surface area contributed by atoms with E-state index in [-0.39, 0.29) is 17.4 Å². The van der Waals surface area contributed by atoms with Crippen LogP contribution in [0.25, 0.3) is 0 Å². The van der Waals surface area contributed by atoms with Gasteiger partial charge in [-0.05, 0) is 0 Å². The first-order valence-corrected chi connectivity index (χ1v) is 9.56. The lowest BCUT2D eigenvalue weighted by Crippen LogP contribution is -2.34. The Hall–Kier alpha value is -1.90. The molecule has 0 bridgehead atoms. The molecular weight excluding hydrogens is 366 g/mol. The smallest absolute Gasteiger partial charge is 0.229 e. The highest BCUT2D eigenvalue weighted by Crippen LogP contribution is 2.52. The normalized spacial score (nSPS) is 28.0. The zero-order chi connectivity index (χ0) is 19.2. The predicted octanol–water partition coefficient (Wildman–Crippen LogP) is 1.75. The van der Waals surface area contributed by atoms with Crippen molar-refractivity contribution in [2.45, 2.75) is 13.8 Å². The fourth-order valence-corrected chi connectivity index (χ4v) is 4.72. The maximum Gasteiger partial charge on any atom is 0.229 e.